The van der Waals surface area contributed by atoms with Crippen molar-refractivity contribution in [1.29, 1.82) is 0 Å². The van der Waals surface area contributed by atoms with Gasteiger partial charge in [0.1, 0.15) is 12.2 Å². The molecule has 1 aromatic rings. The molecule has 0 atom stereocenters. The van der Waals surface area contributed by atoms with Gasteiger partial charge in [-0.15, -0.1) is 10.2 Å². The molecule has 6 heteroatoms. The van der Waals surface area contributed by atoms with Crippen LogP contribution in [0.25, 0.3) is 0 Å². The molecule has 0 aromatic carbocycles. The number of hydrogen-bond acceptors (Lipinski definition) is 3. The van der Waals surface area contributed by atoms with Crippen LogP contribution >= 0.6 is 0 Å². The Bertz CT molecular complexity index is 513. The first-order valence-corrected chi connectivity index (χ1v) is 9.07. The van der Waals surface area contributed by atoms with Gasteiger partial charge in [-0.1, -0.05) is 12.8 Å². The zero-order chi connectivity index (χ0) is 16.2. The van der Waals surface area contributed by atoms with E-state index >= 15 is 0 Å². The standard InChI is InChI=1S/C17H29N5O/c1-13(2)22-12-18-20-16(22)11-14-7-9-21(10-8-14)17(23)19-15-5-3-4-6-15/h12-15H,3-11H2,1-2H3,(H,19,23). The maximum Gasteiger partial charge on any atom is 0.317 e. The van der Waals surface area contributed by atoms with Gasteiger partial charge >= 0.3 is 6.03 Å². The lowest BCUT2D eigenvalue weighted by atomic mass is 9.93. The SMILES string of the molecule is CC(C)n1cnnc1CC1CCN(C(=O)NC2CCCC2)CC1. The van der Waals surface area contributed by atoms with E-state index < -0.39 is 0 Å². The van der Waals surface area contributed by atoms with Gasteiger partial charge in [-0.05, 0) is 45.4 Å². The van der Waals surface area contributed by atoms with Crippen LogP contribution in [0.15, 0.2) is 6.33 Å². The summed E-state index contributed by atoms with van der Waals surface area (Å²) in [5.41, 5.74) is 0. The zero-order valence-corrected chi connectivity index (χ0v) is 14.4. The van der Waals surface area contributed by atoms with Crippen molar-refractivity contribution >= 4 is 6.03 Å². The minimum absolute atomic E-state index is 0.140. The van der Waals surface area contributed by atoms with Gasteiger partial charge in [0.15, 0.2) is 0 Å². The number of carbonyl (C=O) groups excluding carboxylic acids is 1. The quantitative estimate of drug-likeness (QED) is 0.928. The van der Waals surface area contributed by atoms with Crippen molar-refractivity contribution < 1.29 is 4.79 Å². The first-order chi connectivity index (χ1) is 11.1. The van der Waals surface area contributed by atoms with Crippen LogP contribution in [0, 0.1) is 5.92 Å². The number of nitrogens with zero attached hydrogens (tertiary/aromatic N) is 4. The smallest absolute Gasteiger partial charge is 0.317 e. The van der Waals surface area contributed by atoms with Crippen LogP contribution in [0.2, 0.25) is 0 Å². The maximum atomic E-state index is 12.3. The van der Waals surface area contributed by atoms with Gasteiger partial charge < -0.3 is 14.8 Å². The highest BCUT2D eigenvalue weighted by Gasteiger charge is 2.26. The Morgan fingerprint density at radius 2 is 1.96 bits per heavy atom. The Hall–Kier alpha value is -1.59. The average Bonchev–Trinajstić information content (AvgIpc) is 3.19. The molecule has 2 amide bonds. The number of amides is 2. The molecule has 1 aliphatic carbocycles. The normalized spacial score (nSPS) is 20.4. The number of nitrogens with one attached hydrogen (secondary N) is 1. The molecule has 0 unspecified atom stereocenters. The lowest BCUT2D eigenvalue weighted by Crippen LogP contribution is -2.47. The summed E-state index contributed by atoms with van der Waals surface area (Å²) in [6, 6.07) is 0.947. The molecule has 128 valence electrons. The van der Waals surface area contributed by atoms with E-state index in [-0.39, 0.29) is 6.03 Å². The fraction of sp³-hybridized carbons (Fsp3) is 0.824. The fourth-order valence-electron chi connectivity index (χ4n) is 3.78. The predicted octanol–water partition coefficient (Wildman–Crippen LogP) is 2.77. The van der Waals surface area contributed by atoms with Crippen molar-refractivity contribution in [3.8, 4) is 0 Å². The van der Waals surface area contributed by atoms with Crippen molar-refractivity contribution in [1.82, 2.24) is 25.0 Å². The fourth-order valence-corrected chi connectivity index (χ4v) is 3.78. The average molecular weight is 319 g/mol. The second-order valence-electron chi connectivity index (χ2n) is 7.31. The first kappa shape index (κ1) is 16.3. The van der Waals surface area contributed by atoms with Crippen LogP contribution in [0.1, 0.15) is 64.2 Å². The molecule has 1 aliphatic heterocycles. The highest BCUT2D eigenvalue weighted by atomic mass is 16.2. The minimum Gasteiger partial charge on any atom is -0.335 e. The highest BCUT2D eigenvalue weighted by Crippen LogP contribution is 2.23. The summed E-state index contributed by atoms with van der Waals surface area (Å²) >= 11 is 0. The van der Waals surface area contributed by atoms with Crippen molar-refractivity contribution in [2.75, 3.05) is 13.1 Å². The number of urea groups is 1. The zero-order valence-electron chi connectivity index (χ0n) is 14.4. The Morgan fingerprint density at radius 1 is 1.26 bits per heavy atom. The van der Waals surface area contributed by atoms with Crippen LogP contribution in [0.4, 0.5) is 4.79 Å². The molecule has 1 saturated carbocycles. The van der Waals surface area contributed by atoms with Crippen LogP contribution < -0.4 is 5.32 Å². The molecule has 0 spiro atoms. The summed E-state index contributed by atoms with van der Waals surface area (Å²) in [6.45, 7) is 6.03. The lowest BCUT2D eigenvalue weighted by molar-refractivity contribution is 0.166. The summed E-state index contributed by atoms with van der Waals surface area (Å²) in [6.07, 6.45) is 9.71. The van der Waals surface area contributed by atoms with Gasteiger partial charge in [-0.3, -0.25) is 0 Å². The number of hydrogen-bond donors (Lipinski definition) is 1. The van der Waals surface area contributed by atoms with Crippen LogP contribution in [0.5, 0.6) is 0 Å². The van der Waals surface area contributed by atoms with E-state index in [1.165, 1.54) is 12.8 Å². The third kappa shape index (κ3) is 4.03. The number of carbonyl (C=O) groups is 1. The summed E-state index contributed by atoms with van der Waals surface area (Å²) < 4.78 is 2.15. The van der Waals surface area contributed by atoms with Gasteiger partial charge in [-0.25, -0.2) is 4.79 Å². The molecule has 1 saturated heterocycles. The van der Waals surface area contributed by atoms with Gasteiger partial charge in [0.2, 0.25) is 0 Å². The van der Waals surface area contributed by atoms with E-state index in [0.717, 1.165) is 51.0 Å². The molecule has 0 bridgehead atoms. The molecule has 6 nitrogen and oxygen atoms in total. The van der Waals surface area contributed by atoms with E-state index in [9.17, 15) is 4.79 Å². The summed E-state index contributed by atoms with van der Waals surface area (Å²) in [4.78, 5) is 14.3. The number of piperidine rings is 1. The summed E-state index contributed by atoms with van der Waals surface area (Å²) in [7, 11) is 0. The molecule has 2 heterocycles. The highest BCUT2D eigenvalue weighted by molar-refractivity contribution is 5.74. The molecule has 1 aromatic heterocycles. The molecule has 0 radical (unpaired) electrons. The Morgan fingerprint density at radius 3 is 2.61 bits per heavy atom. The topological polar surface area (TPSA) is 63.1 Å². The van der Waals surface area contributed by atoms with Crippen molar-refractivity contribution in [3.05, 3.63) is 12.2 Å². The second kappa shape index (κ2) is 7.32. The Labute approximate surface area is 138 Å². The molecular formula is C17H29N5O. The molecule has 3 rings (SSSR count). The summed E-state index contributed by atoms with van der Waals surface area (Å²) in [5, 5.41) is 11.5. The molecule has 2 aliphatic rings. The third-order valence-electron chi connectivity index (χ3n) is 5.26. The van der Waals surface area contributed by atoms with Crippen LogP contribution in [-0.2, 0) is 6.42 Å². The van der Waals surface area contributed by atoms with Gasteiger partial charge in [-0.2, -0.15) is 0 Å². The van der Waals surface area contributed by atoms with Gasteiger partial charge in [0.25, 0.3) is 0 Å². The largest absolute Gasteiger partial charge is 0.335 e. The molecule has 1 N–H and O–H groups in total. The van der Waals surface area contributed by atoms with E-state index in [2.05, 4.69) is 33.9 Å². The number of likely N-dealkylation sites (tertiary alicyclic amines) is 1. The van der Waals surface area contributed by atoms with Gasteiger partial charge in [0.05, 0.1) is 0 Å². The maximum absolute atomic E-state index is 12.3. The number of aromatic nitrogens is 3. The van der Waals surface area contributed by atoms with Crippen molar-refractivity contribution in [3.63, 3.8) is 0 Å². The Kier molecular flexibility index (Phi) is 5.18. The summed E-state index contributed by atoms with van der Waals surface area (Å²) in [5.74, 6) is 1.68. The Balaban J connectivity index is 1.46. The minimum atomic E-state index is 0.140. The third-order valence-corrected chi connectivity index (χ3v) is 5.26. The molecule has 2 fully saturated rings. The van der Waals surface area contributed by atoms with E-state index in [1.807, 2.05) is 11.2 Å². The van der Waals surface area contributed by atoms with E-state index in [4.69, 9.17) is 0 Å². The van der Waals surface area contributed by atoms with E-state index in [0.29, 0.717) is 18.0 Å². The number of rotatable bonds is 4. The second-order valence-corrected chi connectivity index (χ2v) is 7.31. The predicted molar refractivity (Wildman–Crippen MR) is 89.2 cm³/mol. The van der Waals surface area contributed by atoms with E-state index in [1.54, 1.807) is 0 Å². The monoisotopic (exact) mass is 319 g/mol. The van der Waals surface area contributed by atoms with Crippen LogP contribution in [-0.4, -0.2) is 44.8 Å². The van der Waals surface area contributed by atoms with Crippen molar-refractivity contribution in [2.45, 2.75) is 70.9 Å². The molecular weight excluding hydrogens is 290 g/mol. The molecule has 23 heavy (non-hydrogen) atoms. The first-order valence-electron chi connectivity index (χ1n) is 9.07. The van der Waals surface area contributed by atoms with Gasteiger partial charge in [0, 0.05) is 31.6 Å². The van der Waals surface area contributed by atoms with Crippen molar-refractivity contribution in [2.24, 2.45) is 5.92 Å². The van der Waals surface area contributed by atoms with Crippen LogP contribution in [0.3, 0.4) is 0 Å². The lowest BCUT2D eigenvalue weighted by Gasteiger charge is -2.32.